The molecule has 1 aliphatic carbocycles. The second-order valence-corrected chi connectivity index (χ2v) is 19.6. The third-order valence-electron chi connectivity index (χ3n) is 14.5. The van der Waals surface area contributed by atoms with Crippen LogP contribution in [-0.2, 0) is 47.7 Å². The average Bonchev–Trinajstić information content (AvgIpc) is 3.28. The summed E-state index contributed by atoms with van der Waals surface area (Å²) in [6.07, 6.45) is 11.2. The van der Waals surface area contributed by atoms with E-state index < -0.39 is 83.9 Å². The molecule has 1 saturated carbocycles. The van der Waals surface area contributed by atoms with Crippen LogP contribution >= 0.6 is 0 Å². The van der Waals surface area contributed by atoms with Gasteiger partial charge in [-0.05, 0) is 107 Å². The number of aliphatic hydroxyl groups excluding tert-OH is 2. The molecule has 3 fully saturated rings. The smallest absolute Gasteiger partial charge is 0.329 e. The van der Waals surface area contributed by atoms with Gasteiger partial charge in [0.1, 0.15) is 30.1 Å². The van der Waals surface area contributed by atoms with Crippen molar-refractivity contribution in [2.75, 3.05) is 27.9 Å². The number of nitrogens with zero attached hydrogens (tertiary/aromatic N) is 1. The molecule has 374 valence electrons. The summed E-state index contributed by atoms with van der Waals surface area (Å²) in [6, 6.07) is -1.14. The fourth-order valence-corrected chi connectivity index (χ4v) is 10.1. The van der Waals surface area contributed by atoms with Gasteiger partial charge in [-0.25, -0.2) is 4.79 Å². The maximum atomic E-state index is 14.4. The normalized spacial score (nSPS) is 38.5. The molecular formula is C51H81NO14. The predicted molar refractivity (Wildman–Crippen MR) is 249 cm³/mol. The van der Waals surface area contributed by atoms with Crippen LogP contribution in [-0.4, -0.2) is 137 Å². The molecule has 0 aromatic rings. The summed E-state index contributed by atoms with van der Waals surface area (Å²) in [5.41, 5.74) is 1.27. The molecular weight excluding hydrogens is 851 g/mol. The molecule has 3 heterocycles. The number of carbonyl (C=O) groups excluding carboxylic acids is 5. The van der Waals surface area contributed by atoms with E-state index in [1.807, 2.05) is 58.1 Å². The summed E-state index contributed by atoms with van der Waals surface area (Å²) in [5.74, 6) is -7.96. The fourth-order valence-electron chi connectivity index (χ4n) is 10.1. The van der Waals surface area contributed by atoms with Crippen LogP contribution in [0.1, 0.15) is 126 Å². The number of Topliss-reactive ketones (excluding diaryl/α,β-unsaturated/α-hetero) is 3. The summed E-state index contributed by atoms with van der Waals surface area (Å²) < 4.78 is 29.4. The summed E-state index contributed by atoms with van der Waals surface area (Å²) >= 11 is 0. The number of fused-ring (bicyclic) bond motifs is 3. The second kappa shape index (κ2) is 26.4. The topological polar surface area (TPSA) is 227 Å². The van der Waals surface area contributed by atoms with Crippen LogP contribution in [0.2, 0.25) is 0 Å². The van der Waals surface area contributed by atoms with E-state index in [2.05, 4.69) is 0 Å². The lowest BCUT2D eigenvalue weighted by Gasteiger charge is -2.42. The minimum absolute atomic E-state index is 0. The number of aliphatic hydroxyl groups is 3. The van der Waals surface area contributed by atoms with Crippen LogP contribution in [0.3, 0.4) is 0 Å². The third kappa shape index (κ3) is 14.8. The first-order chi connectivity index (χ1) is 30.7. The first-order valence-corrected chi connectivity index (χ1v) is 23.9. The number of cyclic esters (lactones) is 1. The van der Waals surface area contributed by atoms with Gasteiger partial charge < -0.3 is 49.4 Å². The van der Waals surface area contributed by atoms with Gasteiger partial charge in [-0.2, -0.15) is 0 Å². The summed E-state index contributed by atoms with van der Waals surface area (Å²) in [6.45, 7) is 12.7. The van der Waals surface area contributed by atoms with Crippen molar-refractivity contribution in [3.8, 4) is 0 Å². The second-order valence-electron chi connectivity index (χ2n) is 19.6. The summed E-state index contributed by atoms with van der Waals surface area (Å²) in [7, 11) is 4.52. The quantitative estimate of drug-likeness (QED) is 0.174. The molecule has 0 spiro atoms. The lowest BCUT2D eigenvalue weighted by atomic mass is 9.78. The van der Waals surface area contributed by atoms with Crippen LogP contribution in [0.25, 0.3) is 0 Å². The molecule has 3 aliphatic heterocycles. The molecule has 0 aromatic heterocycles. The Hall–Kier alpha value is -3.41. The number of ether oxygens (including phenoxy) is 5. The Morgan fingerprint density at radius 3 is 2.23 bits per heavy atom. The first-order valence-electron chi connectivity index (χ1n) is 23.9. The minimum Gasteiger partial charge on any atom is -0.460 e. The highest BCUT2D eigenvalue weighted by molar-refractivity contribution is 6.39. The van der Waals surface area contributed by atoms with Gasteiger partial charge in [0.2, 0.25) is 5.79 Å². The number of hydrogen-bond donors (Lipinski definition) is 3. The van der Waals surface area contributed by atoms with E-state index in [9.17, 15) is 39.3 Å². The number of hydrogen-bond acceptors (Lipinski definition) is 13. The Morgan fingerprint density at radius 2 is 1.56 bits per heavy atom. The monoisotopic (exact) mass is 932 g/mol. The largest absolute Gasteiger partial charge is 0.460 e. The van der Waals surface area contributed by atoms with Crippen molar-refractivity contribution in [3.63, 3.8) is 0 Å². The van der Waals surface area contributed by atoms with E-state index in [1.165, 1.54) is 12.0 Å². The highest BCUT2D eigenvalue weighted by Crippen LogP contribution is 2.38. The van der Waals surface area contributed by atoms with Gasteiger partial charge in [0.05, 0.1) is 24.4 Å². The Labute approximate surface area is 392 Å². The van der Waals surface area contributed by atoms with Crippen molar-refractivity contribution < 1.29 is 68.5 Å². The van der Waals surface area contributed by atoms with Crippen molar-refractivity contribution in [2.24, 2.45) is 35.5 Å². The maximum Gasteiger partial charge on any atom is 0.329 e. The summed E-state index contributed by atoms with van der Waals surface area (Å²) in [5, 5.41) is 33.8. The van der Waals surface area contributed by atoms with Crippen LogP contribution in [0, 0.1) is 35.5 Å². The maximum absolute atomic E-state index is 14.4. The number of amides is 1. The van der Waals surface area contributed by atoms with E-state index >= 15 is 0 Å². The van der Waals surface area contributed by atoms with E-state index in [4.69, 9.17) is 23.7 Å². The molecule has 66 heavy (non-hydrogen) atoms. The molecule has 4 rings (SSSR count). The van der Waals surface area contributed by atoms with Gasteiger partial charge in [-0.1, -0.05) is 71.1 Å². The number of piperidine rings is 1. The van der Waals surface area contributed by atoms with Crippen molar-refractivity contribution in [3.05, 3.63) is 47.6 Å². The fraction of sp³-hybridized carbons (Fsp3) is 0.745. The van der Waals surface area contributed by atoms with E-state index in [0.717, 1.165) is 12.0 Å². The van der Waals surface area contributed by atoms with Crippen molar-refractivity contribution in [2.45, 2.75) is 180 Å². The van der Waals surface area contributed by atoms with Gasteiger partial charge in [-0.3, -0.25) is 19.2 Å². The Bertz CT molecular complexity index is 1760. The van der Waals surface area contributed by atoms with Gasteiger partial charge in [0.15, 0.2) is 5.78 Å². The number of ketones is 3. The molecule has 15 atom stereocenters. The highest BCUT2D eigenvalue weighted by atomic mass is 16.6. The first kappa shape index (κ1) is 56.9. The third-order valence-corrected chi connectivity index (χ3v) is 14.5. The van der Waals surface area contributed by atoms with E-state index in [0.29, 0.717) is 63.4 Å². The molecule has 15 nitrogen and oxygen atoms in total. The zero-order valence-electron chi connectivity index (χ0n) is 41.1. The molecule has 1 amide bonds. The van der Waals surface area contributed by atoms with Crippen molar-refractivity contribution in [1.82, 2.24) is 4.90 Å². The van der Waals surface area contributed by atoms with E-state index in [-0.39, 0.29) is 60.3 Å². The number of esters is 1. The highest BCUT2D eigenvalue weighted by Gasteiger charge is 2.53. The summed E-state index contributed by atoms with van der Waals surface area (Å²) in [4.78, 5) is 71.8. The zero-order valence-corrected chi connectivity index (χ0v) is 41.1. The Balaban J connectivity index is 0.0000116. The SMILES string of the molecule is CO[C@H]1C[C@@H]2CC[C@@H](C)[C@@](O)(O2)C(=O)C(=O)N2CCCC[C@H]2C(=O)O[C@H]([C@H](C)C[C@@H]2CC[C@@H](O)[C@H](OC)C2)CC(=O)[C@H](C)/C=C(\C)[C@@H](O)[C@@H](OC)C(=O)[C@H](C)C[C@H](C)/C=C/C=CC=C1C.O. The Morgan fingerprint density at radius 1 is 0.848 bits per heavy atom. The molecule has 0 unspecified atom stereocenters. The van der Waals surface area contributed by atoms with Gasteiger partial charge in [-0.15, -0.1) is 0 Å². The molecule has 4 aliphatic rings. The average molecular weight is 932 g/mol. The molecule has 2 saturated heterocycles. The van der Waals surface area contributed by atoms with Crippen LogP contribution < -0.4 is 0 Å². The molecule has 5 N–H and O–H groups in total. The number of carbonyl (C=O) groups is 5. The molecule has 2 bridgehead atoms. The standard InChI is InChI=1S/C51H79NO13.H2O/c1-30-16-12-11-13-17-31(2)42(61-8)28-38-21-19-36(7)51(60,65-38)48(57)49(58)52-23-15-14-18-39(52)50(59)64-43(33(4)26-37-20-22-40(53)44(27-37)62-9)29-41(54)32(3)25-35(6)46(56)47(63-10)45(55)34(5)24-30;/h11-13,16-17,25,30,32-34,36-40,42-44,46-47,53,56,60H,14-15,18-24,26-29H2,1-10H3;1H2/b13-11?,16-12+,31-17?,35-25+;/t30-,32-,33-,34-,36-,37+,38+,39+,40-,42+,43+,44-,46-,47+,51-;/m1./s1. The van der Waals surface area contributed by atoms with Crippen molar-refractivity contribution >= 4 is 29.2 Å². The number of methoxy groups -OCH3 is 3. The van der Waals surface area contributed by atoms with Crippen molar-refractivity contribution in [1.29, 1.82) is 0 Å². The lowest BCUT2D eigenvalue weighted by molar-refractivity contribution is -0.265. The van der Waals surface area contributed by atoms with Gasteiger partial charge in [0, 0.05) is 58.5 Å². The molecule has 15 heteroatoms. The van der Waals surface area contributed by atoms with Gasteiger partial charge >= 0.3 is 5.97 Å². The lowest BCUT2D eigenvalue weighted by Crippen LogP contribution is -2.61. The Kier molecular flexibility index (Phi) is 22.7. The molecule has 0 radical (unpaired) electrons. The van der Waals surface area contributed by atoms with Crippen LogP contribution in [0.5, 0.6) is 0 Å². The zero-order chi connectivity index (χ0) is 48.2. The number of allylic oxidation sites excluding steroid dienone is 6. The number of rotatable bonds is 6. The predicted octanol–water partition coefficient (Wildman–Crippen LogP) is 5.36. The van der Waals surface area contributed by atoms with Crippen LogP contribution in [0.15, 0.2) is 47.6 Å². The minimum atomic E-state index is -2.43. The molecule has 0 aromatic carbocycles. The van der Waals surface area contributed by atoms with Gasteiger partial charge in [0.25, 0.3) is 11.7 Å². The van der Waals surface area contributed by atoms with Crippen LogP contribution in [0.4, 0.5) is 0 Å². The van der Waals surface area contributed by atoms with E-state index in [1.54, 1.807) is 41.1 Å².